The molecule has 19 heteroatoms. The zero-order valence-corrected chi connectivity index (χ0v) is 50.9. The Morgan fingerprint density at radius 2 is 0.795 bits per heavy atom. The molecule has 3 fully saturated rings. The van der Waals surface area contributed by atoms with Crippen molar-refractivity contribution in [2.24, 2.45) is 0 Å². The average Bonchev–Trinajstić information content (AvgIpc) is 3.18. The second kappa shape index (κ2) is 47.1. The molecule has 0 spiro atoms. The van der Waals surface area contributed by atoms with Gasteiger partial charge in [-0.15, -0.1) is 0 Å². The Balaban J connectivity index is 1.45. The highest BCUT2D eigenvalue weighted by molar-refractivity contribution is 5.76. The fourth-order valence-corrected chi connectivity index (χ4v) is 11.1. The van der Waals surface area contributed by atoms with E-state index in [-0.39, 0.29) is 18.9 Å². The number of ether oxygens (including phenoxy) is 6. The molecule has 0 radical (unpaired) electrons. The van der Waals surface area contributed by atoms with E-state index in [1.165, 1.54) is 128 Å². The number of aliphatic hydroxyl groups is 11. The molecule has 17 unspecified atom stereocenters. The first kappa shape index (κ1) is 75.3. The molecule has 3 saturated heterocycles. The van der Waals surface area contributed by atoms with Gasteiger partial charge in [-0.3, -0.25) is 4.79 Å². The lowest BCUT2D eigenvalue weighted by molar-refractivity contribution is -0.379. The van der Waals surface area contributed by atoms with Crippen LogP contribution in [0.1, 0.15) is 232 Å². The van der Waals surface area contributed by atoms with Crippen LogP contribution in [0.2, 0.25) is 0 Å². The van der Waals surface area contributed by atoms with Crippen molar-refractivity contribution < 1.29 is 89.4 Å². The van der Waals surface area contributed by atoms with Gasteiger partial charge in [0.15, 0.2) is 18.9 Å². The number of carbonyl (C=O) groups is 1. The minimum Gasteiger partial charge on any atom is -0.394 e. The van der Waals surface area contributed by atoms with Crippen molar-refractivity contribution in [3.8, 4) is 0 Å². The quantitative estimate of drug-likeness (QED) is 0.0211. The number of hydrogen-bond donors (Lipinski definition) is 12. The number of rotatable bonds is 49. The lowest BCUT2D eigenvalue weighted by Crippen LogP contribution is -2.66. The van der Waals surface area contributed by atoms with E-state index in [4.69, 9.17) is 28.4 Å². The molecule has 0 aromatic carbocycles. The average molecular weight is 1190 g/mol. The first-order valence-electron chi connectivity index (χ1n) is 32.7. The standard InChI is InChI=1S/C64H117NO18/c1-3-5-7-9-11-13-15-17-19-20-21-22-23-24-25-26-28-30-32-34-36-38-40-42-52(70)65-47(48(69)41-39-37-35-33-31-29-27-18-16-14-12-10-8-6-4-2)46-78-62-58(76)55(73)60(50(44-67)80-62)83-64-59(77)56(74)61(51(45-68)81-64)82-63-57(75)54(72)53(71)49(43-66)79-63/h15,17,20-21,23-24,47-51,53-64,66-69,71-77H,3-14,16,18-19,22,25-46H2,1-2H3,(H,65,70)/b17-15-,21-20-,24-23-. The molecule has 12 N–H and O–H groups in total. The van der Waals surface area contributed by atoms with Crippen molar-refractivity contribution in [3.05, 3.63) is 36.5 Å². The molecule has 3 rings (SSSR count). The minimum absolute atomic E-state index is 0.250. The molecule has 0 aromatic rings. The summed E-state index contributed by atoms with van der Waals surface area (Å²) >= 11 is 0. The molecule has 0 saturated carbocycles. The summed E-state index contributed by atoms with van der Waals surface area (Å²) in [7, 11) is 0. The molecule has 3 aliphatic heterocycles. The minimum atomic E-state index is -1.97. The van der Waals surface area contributed by atoms with Crippen molar-refractivity contribution >= 4 is 5.91 Å². The van der Waals surface area contributed by atoms with Crippen LogP contribution in [0.4, 0.5) is 0 Å². The van der Waals surface area contributed by atoms with E-state index >= 15 is 0 Å². The third-order valence-electron chi connectivity index (χ3n) is 16.5. The Kier molecular flexibility index (Phi) is 42.7. The topological polar surface area (TPSA) is 307 Å². The van der Waals surface area contributed by atoms with Crippen LogP contribution >= 0.6 is 0 Å². The van der Waals surface area contributed by atoms with Gasteiger partial charge < -0.3 is 89.9 Å². The second-order valence-corrected chi connectivity index (χ2v) is 23.6. The first-order chi connectivity index (χ1) is 40.3. The normalized spacial score (nSPS) is 29.6. The number of nitrogens with one attached hydrogen (secondary N) is 1. The zero-order chi connectivity index (χ0) is 60.5. The molecule has 486 valence electrons. The summed E-state index contributed by atoms with van der Waals surface area (Å²) in [5, 5.41) is 120. The maximum Gasteiger partial charge on any atom is 0.220 e. The Labute approximate surface area is 498 Å². The van der Waals surface area contributed by atoms with Crippen molar-refractivity contribution in [1.29, 1.82) is 0 Å². The molecular weight excluding hydrogens is 1070 g/mol. The predicted octanol–water partition coefficient (Wildman–Crippen LogP) is 7.27. The molecule has 3 heterocycles. The van der Waals surface area contributed by atoms with E-state index < -0.39 is 124 Å². The molecule has 0 bridgehead atoms. The lowest BCUT2D eigenvalue weighted by atomic mass is 9.96. The van der Waals surface area contributed by atoms with Crippen LogP contribution in [0.5, 0.6) is 0 Å². The van der Waals surface area contributed by atoms with E-state index in [9.17, 15) is 61.0 Å². The van der Waals surface area contributed by atoms with Gasteiger partial charge in [0.2, 0.25) is 5.91 Å². The van der Waals surface area contributed by atoms with Crippen molar-refractivity contribution in [2.45, 2.75) is 336 Å². The molecule has 0 aliphatic carbocycles. The molecule has 17 atom stereocenters. The zero-order valence-electron chi connectivity index (χ0n) is 50.9. The fraction of sp³-hybridized carbons (Fsp3) is 0.891. The Bertz CT molecular complexity index is 1660. The van der Waals surface area contributed by atoms with Crippen molar-refractivity contribution in [2.75, 3.05) is 26.4 Å². The molecule has 83 heavy (non-hydrogen) atoms. The third-order valence-corrected chi connectivity index (χ3v) is 16.5. The Morgan fingerprint density at radius 1 is 0.434 bits per heavy atom. The maximum absolute atomic E-state index is 13.4. The van der Waals surface area contributed by atoms with E-state index in [0.717, 1.165) is 70.6 Å². The van der Waals surface area contributed by atoms with E-state index in [2.05, 4.69) is 55.6 Å². The molecule has 19 nitrogen and oxygen atoms in total. The lowest BCUT2D eigenvalue weighted by Gasteiger charge is -2.48. The Hall–Kier alpha value is -1.99. The van der Waals surface area contributed by atoms with Crippen molar-refractivity contribution in [1.82, 2.24) is 5.32 Å². The fourth-order valence-electron chi connectivity index (χ4n) is 11.1. The second-order valence-electron chi connectivity index (χ2n) is 23.6. The molecule has 1 amide bonds. The van der Waals surface area contributed by atoms with Gasteiger partial charge in [-0.25, -0.2) is 0 Å². The van der Waals surface area contributed by atoms with Gasteiger partial charge >= 0.3 is 0 Å². The summed E-state index contributed by atoms with van der Waals surface area (Å²) in [6.07, 6.45) is 25.0. The van der Waals surface area contributed by atoms with Crippen LogP contribution in [0, 0.1) is 0 Å². The summed E-state index contributed by atoms with van der Waals surface area (Å²) in [4.78, 5) is 13.4. The van der Waals surface area contributed by atoms with Crippen LogP contribution in [0.15, 0.2) is 36.5 Å². The first-order valence-corrected chi connectivity index (χ1v) is 32.7. The van der Waals surface area contributed by atoms with E-state index in [1.54, 1.807) is 0 Å². The number of unbranched alkanes of at least 4 members (excludes halogenated alkanes) is 27. The van der Waals surface area contributed by atoms with Crippen molar-refractivity contribution in [3.63, 3.8) is 0 Å². The highest BCUT2D eigenvalue weighted by Gasteiger charge is 2.53. The smallest absolute Gasteiger partial charge is 0.220 e. The number of aliphatic hydroxyl groups excluding tert-OH is 11. The van der Waals surface area contributed by atoms with Gasteiger partial charge in [-0.05, 0) is 51.4 Å². The number of amides is 1. The third kappa shape index (κ3) is 30.2. The summed E-state index contributed by atoms with van der Waals surface area (Å²) in [5.41, 5.74) is 0. The van der Waals surface area contributed by atoms with Gasteiger partial charge in [0.1, 0.15) is 73.2 Å². The van der Waals surface area contributed by atoms with E-state index in [1.807, 2.05) is 0 Å². The van der Waals surface area contributed by atoms with E-state index in [0.29, 0.717) is 12.8 Å². The predicted molar refractivity (Wildman–Crippen MR) is 319 cm³/mol. The molecule has 3 aliphatic rings. The van der Waals surface area contributed by atoms with Gasteiger partial charge in [-0.2, -0.15) is 0 Å². The van der Waals surface area contributed by atoms with Gasteiger partial charge in [0, 0.05) is 6.42 Å². The summed E-state index contributed by atoms with van der Waals surface area (Å²) in [5.74, 6) is -0.250. The Morgan fingerprint density at radius 3 is 1.24 bits per heavy atom. The van der Waals surface area contributed by atoms with Gasteiger partial charge in [0.05, 0.1) is 38.6 Å². The molecular formula is C64H117NO18. The van der Waals surface area contributed by atoms with Crippen LogP contribution in [-0.2, 0) is 33.2 Å². The maximum atomic E-state index is 13.4. The number of allylic oxidation sites excluding steroid dienone is 6. The van der Waals surface area contributed by atoms with Crippen LogP contribution in [-0.4, -0.2) is 193 Å². The van der Waals surface area contributed by atoms with Gasteiger partial charge in [-0.1, -0.05) is 211 Å². The number of carbonyl (C=O) groups excluding carboxylic acids is 1. The molecule has 0 aromatic heterocycles. The summed E-state index contributed by atoms with van der Waals surface area (Å²) < 4.78 is 34.4. The van der Waals surface area contributed by atoms with Gasteiger partial charge in [0.25, 0.3) is 0 Å². The van der Waals surface area contributed by atoms with Crippen LogP contribution in [0.3, 0.4) is 0 Å². The van der Waals surface area contributed by atoms with Crippen LogP contribution in [0.25, 0.3) is 0 Å². The SMILES string of the molecule is CCCCCCC/C=C\C/C=C\C/C=C\CCCCCCCCCCC(=O)NC(COC1OC(CO)C(OC2OC(CO)C(OC3OC(CO)C(O)C(O)C3O)C(O)C2O)C(O)C1O)C(O)CCCCCCCCCCCCCCCCC. The monoisotopic (exact) mass is 1190 g/mol. The highest BCUT2D eigenvalue weighted by Crippen LogP contribution is 2.33. The summed E-state index contributed by atoms with van der Waals surface area (Å²) in [6, 6.07) is -0.891. The van der Waals surface area contributed by atoms with Crippen LogP contribution < -0.4 is 5.32 Å². The largest absolute Gasteiger partial charge is 0.394 e. The number of hydrogen-bond acceptors (Lipinski definition) is 18. The summed E-state index contributed by atoms with van der Waals surface area (Å²) in [6.45, 7) is 1.78. The highest BCUT2D eigenvalue weighted by atomic mass is 16.8.